The van der Waals surface area contributed by atoms with E-state index < -0.39 is 11.2 Å². The van der Waals surface area contributed by atoms with Gasteiger partial charge in [0.1, 0.15) is 11.6 Å². The summed E-state index contributed by atoms with van der Waals surface area (Å²) in [4.78, 5) is 35.5. The Morgan fingerprint density at radius 3 is 2.61 bits per heavy atom. The highest BCUT2D eigenvalue weighted by atomic mass is 16.5. The molecule has 0 atom stereocenters. The molecule has 0 radical (unpaired) electrons. The van der Waals surface area contributed by atoms with E-state index in [0.717, 1.165) is 10.1 Å². The van der Waals surface area contributed by atoms with Gasteiger partial charge in [-0.1, -0.05) is 30.9 Å². The Morgan fingerprint density at radius 2 is 1.94 bits per heavy atom. The summed E-state index contributed by atoms with van der Waals surface area (Å²) in [7, 11) is 3.15. The van der Waals surface area contributed by atoms with Crippen molar-refractivity contribution in [1.29, 1.82) is 0 Å². The van der Waals surface area contributed by atoms with Crippen LogP contribution in [0.4, 0.5) is 0 Å². The topological polar surface area (TPSA) is 104 Å². The minimum Gasteiger partial charge on any atom is -0.496 e. The average molecular weight is 447 g/mol. The van der Waals surface area contributed by atoms with Crippen LogP contribution < -0.4 is 16.0 Å². The number of benzene rings is 1. The Morgan fingerprint density at radius 1 is 1.15 bits per heavy atom. The van der Waals surface area contributed by atoms with Gasteiger partial charge in [-0.25, -0.2) is 9.78 Å². The van der Waals surface area contributed by atoms with Crippen LogP contribution in [0.3, 0.4) is 0 Å². The molecule has 0 saturated carbocycles. The van der Waals surface area contributed by atoms with Gasteiger partial charge in [-0.2, -0.15) is 0 Å². The van der Waals surface area contributed by atoms with Gasteiger partial charge < -0.3 is 14.4 Å². The summed E-state index contributed by atoms with van der Waals surface area (Å²) >= 11 is 0. The van der Waals surface area contributed by atoms with Crippen LogP contribution in [0.2, 0.25) is 0 Å². The van der Waals surface area contributed by atoms with E-state index in [9.17, 15) is 14.7 Å². The lowest BCUT2D eigenvalue weighted by atomic mass is 10.2. The number of methoxy groups -OCH3 is 1. The van der Waals surface area contributed by atoms with Crippen LogP contribution in [0, 0.1) is 0 Å². The molecule has 170 valence electrons. The Balaban J connectivity index is 2.03. The molecule has 33 heavy (non-hydrogen) atoms. The zero-order valence-electron chi connectivity index (χ0n) is 18.6. The first-order valence-corrected chi connectivity index (χ1v) is 10.5. The van der Waals surface area contributed by atoms with Crippen molar-refractivity contribution < 1.29 is 9.84 Å². The van der Waals surface area contributed by atoms with Crippen LogP contribution in [-0.4, -0.2) is 42.5 Å². The number of para-hydroxylation sites is 1. The molecule has 0 unspecified atom stereocenters. The van der Waals surface area contributed by atoms with E-state index in [2.05, 4.69) is 11.6 Å². The van der Waals surface area contributed by atoms with Gasteiger partial charge in [-0.3, -0.25) is 18.9 Å². The van der Waals surface area contributed by atoms with E-state index in [-0.39, 0.29) is 30.9 Å². The number of fused-ring (bicyclic) bond motifs is 1. The van der Waals surface area contributed by atoms with E-state index in [1.54, 1.807) is 31.0 Å². The molecule has 3 aromatic heterocycles. The third-order valence-electron chi connectivity index (χ3n) is 5.52. The summed E-state index contributed by atoms with van der Waals surface area (Å²) in [6.45, 7) is 3.99. The first-order chi connectivity index (χ1) is 16.0. The summed E-state index contributed by atoms with van der Waals surface area (Å²) in [5.41, 5.74) is 1.90. The fourth-order valence-corrected chi connectivity index (χ4v) is 3.80. The fourth-order valence-electron chi connectivity index (χ4n) is 3.80. The van der Waals surface area contributed by atoms with Gasteiger partial charge in [0, 0.05) is 26.4 Å². The zero-order valence-corrected chi connectivity index (χ0v) is 18.6. The molecule has 0 saturated heterocycles. The lowest BCUT2D eigenvalue weighted by molar-refractivity contribution is 0.277. The average Bonchev–Trinajstić information content (AvgIpc) is 3.22. The first kappa shape index (κ1) is 22.2. The third kappa shape index (κ3) is 3.98. The molecule has 0 amide bonds. The standard InChI is InChI=1S/C24H25N5O4/c1-4-16-10-11-17(25-14-16)15-29-20-22(26-21(29)18-8-5-6-9-19(18)33-3)27(2)24(32)28(23(20)31)12-7-13-30/h4-6,8-11,14,30H,1,7,12-13,15H2,2-3H3. The van der Waals surface area contributed by atoms with Gasteiger partial charge in [0.05, 0.1) is 24.9 Å². The number of hydrogen-bond acceptors (Lipinski definition) is 6. The van der Waals surface area contributed by atoms with Crippen LogP contribution >= 0.6 is 0 Å². The van der Waals surface area contributed by atoms with E-state index in [4.69, 9.17) is 9.72 Å². The zero-order chi connectivity index (χ0) is 23.5. The number of ether oxygens (including phenoxy) is 1. The molecule has 0 fully saturated rings. The molecular weight excluding hydrogens is 422 g/mol. The summed E-state index contributed by atoms with van der Waals surface area (Å²) in [6.07, 6.45) is 3.71. The van der Waals surface area contributed by atoms with Crippen LogP contribution in [-0.2, 0) is 20.1 Å². The van der Waals surface area contributed by atoms with Crippen molar-refractivity contribution in [3.8, 4) is 17.1 Å². The van der Waals surface area contributed by atoms with Crippen molar-refractivity contribution in [3.05, 3.63) is 81.3 Å². The highest BCUT2D eigenvalue weighted by Gasteiger charge is 2.23. The molecule has 9 nitrogen and oxygen atoms in total. The molecule has 0 aliphatic carbocycles. The molecule has 1 aromatic carbocycles. The number of hydrogen-bond donors (Lipinski definition) is 1. The smallest absolute Gasteiger partial charge is 0.332 e. The van der Waals surface area contributed by atoms with Gasteiger partial charge >= 0.3 is 5.69 Å². The second-order valence-corrected chi connectivity index (χ2v) is 7.56. The van der Waals surface area contributed by atoms with Crippen molar-refractivity contribution in [3.63, 3.8) is 0 Å². The van der Waals surface area contributed by atoms with Gasteiger partial charge in [0.2, 0.25) is 0 Å². The quantitative estimate of drug-likeness (QED) is 0.443. The largest absolute Gasteiger partial charge is 0.496 e. The maximum atomic E-state index is 13.5. The van der Waals surface area contributed by atoms with E-state index in [1.807, 2.05) is 36.4 Å². The van der Waals surface area contributed by atoms with Crippen LogP contribution in [0.15, 0.2) is 58.8 Å². The maximum Gasteiger partial charge on any atom is 0.332 e. The number of aromatic nitrogens is 5. The number of rotatable bonds is 8. The summed E-state index contributed by atoms with van der Waals surface area (Å²) in [5, 5.41) is 9.22. The summed E-state index contributed by atoms with van der Waals surface area (Å²) in [6, 6.07) is 11.1. The second kappa shape index (κ2) is 9.25. The molecule has 3 heterocycles. The summed E-state index contributed by atoms with van der Waals surface area (Å²) in [5.74, 6) is 1.08. The number of pyridine rings is 1. The molecule has 4 aromatic rings. The van der Waals surface area contributed by atoms with E-state index in [0.29, 0.717) is 29.3 Å². The monoisotopic (exact) mass is 447 g/mol. The minimum atomic E-state index is -0.481. The molecule has 4 rings (SSSR count). The molecule has 9 heteroatoms. The van der Waals surface area contributed by atoms with Crippen molar-refractivity contribution in [2.75, 3.05) is 13.7 Å². The Hall–Kier alpha value is -3.98. The molecular formula is C24H25N5O4. The SMILES string of the molecule is C=Cc1ccc(Cn2c(-c3ccccc3OC)nc3c2c(=O)n(CCCO)c(=O)n3C)nc1. The van der Waals surface area contributed by atoms with Gasteiger partial charge in [0.15, 0.2) is 11.2 Å². The fraction of sp³-hybridized carbons (Fsp3) is 0.250. The number of nitrogens with zero attached hydrogens (tertiary/aromatic N) is 5. The van der Waals surface area contributed by atoms with E-state index >= 15 is 0 Å². The maximum absolute atomic E-state index is 13.5. The molecule has 0 aliphatic heterocycles. The Bertz CT molecular complexity index is 1430. The van der Waals surface area contributed by atoms with Crippen LogP contribution in [0.25, 0.3) is 28.6 Å². The number of aliphatic hydroxyl groups is 1. The molecule has 0 bridgehead atoms. The van der Waals surface area contributed by atoms with Gasteiger partial charge in [-0.05, 0) is 30.2 Å². The van der Waals surface area contributed by atoms with Crippen molar-refractivity contribution >= 4 is 17.2 Å². The molecule has 0 spiro atoms. The van der Waals surface area contributed by atoms with Crippen molar-refractivity contribution in [2.45, 2.75) is 19.5 Å². The first-order valence-electron chi connectivity index (χ1n) is 10.5. The van der Waals surface area contributed by atoms with Crippen molar-refractivity contribution in [1.82, 2.24) is 23.7 Å². The van der Waals surface area contributed by atoms with Crippen LogP contribution in [0.1, 0.15) is 17.7 Å². The van der Waals surface area contributed by atoms with Gasteiger partial charge in [-0.15, -0.1) is 0 Å². The Kier molecular flexibility index (Phi) is 6.23. The number of imidazole rings is 1. The minimum absolute atomic E-state index is 0.111. The van der Waals surface area contributed by atoms with Crippen LogP contribution in [0.5, 0.6) is 5.75 Å². The number of aryl methyl sites for hydroxylation is 1. The molecule has 1 N–H and O–H groups in total. The summed E-state index contributed by atoms with van der Waals surface area (Å²) < 4.78 is 9.79. The highest BCUT2D eigenvalue weighted by Crippen LogP contribution is 2.31. The Labute approximate surface area is 189 Å². The van der Waals surface area contributed by atoms with Crippen molar-refractivity contribution in [2.24, 2.45) is 7.05 Å². The van der Waals surface area contributed by atoms with Gasteiger partial charge in [0.25, 0.3) is 5.56 Å². The lowest BCUT2D eigenvalue weighted by Gasteiger charge is -2.12. The second-order valence-electron chi connectivity index (χ2n) is 7.56. The normalized spacial score (nSPS) is 11.1. The number of aliphatic hydroxyl groups excluding tert-OH is 1. The van der Waals surface area contributed by atoms with E-state index in [1.165, 1.54) is 4.57 Å². The third-order valence-corrected chi connectivity index (χ3v) is 5.52. The highest BCUT2D eigenvalue weighted by molar-refractivity contribution is 5.79. The predicted octanol–water partition coefficient (Wildman–Crippen LogP) is 2.04. The lowest BCUT2D eigenvalue weighted by Crippen LogP contribution is -2.40. The molecule has 0 aliphatic rings. The predicted molar refractivity (Wildman–Crippen MR) is 126 cm³/mol.